The maximum absolute atomic E-state index is 12.0. The smallest absolute Gasteiger partial charge is 0.340 e. The molecule has 3 nitrogen and oxygen atoms in total. The summed E-state index contributed by atoms with van der Waals surface area (Å²) in [5.74, 6) is -0.361. The summed E-state index contributed by atoms with van der Waals surface area (Å²) >= 11 is 0. The lowest BCUT2D eigenvalue weighted by atomic mass is 10.1. The minimum absolute atomic E-state index is 0.206. The average Bonchev–Trinajstić information content (AvgIpc) is 2.48. The van der Waals surface area contributed by atoms with Crippen LogP contribution in [-0.2, 0) is 4.74 Å². The number of hydrogen-bond acceptors (Lipinski definition) is 3. The van der Waals surface area contributed by atoms with Gasteiger partial charge in [0, 0.05) is 5.69 Å². The van der Waals surface area contributed by atoms with Gasteiger partial charge in [-0.15, -0.1) is 0 Å². The molecule has 0 aliphatic carbocycles. The van der Waals surface area contributed by atoms with E-state index in [1.807, 2.05) is 49.4 Å². The van der Waals surface area contributed by atoms with E-state index in [9.17, 15) is 4.79 Å². The Kier molecular flexibility index (Phi) is 4.56. The Labute approximate surface area is 118 Å². The number of carbonyl (C=O) groups is 1. The molecule has 0 saturated carbocycles. The van der Waals surface area contributed by atoms with E-state index in [0.29, 0.717) is 5.56 Å². The van der Waals surface area contributed by atoms with Crippen LogP contribution in [0.5, 0.6) is 0 Å². The summed E-state index contributed by atoms with van der Waals surface area (Å²) in [4.78, 5) is 12.0. The van der Waals surface area contributed by atoms with Crippen LogP contribution in [0.2, 0.25) is 0 Å². The second kappa shape index (κ2) is 6.57. The normalized spacial score (nSPS) is 9.85. The van der Waals surface area contributed by atoms with Crippen LogP contribution in [-0.4, -0.2) is 12.6 Å². The van der Waals surface area contributed by atoms with Crippen molar-refractivity contribution < 1.29 is 9.53 Å². The zero-order valence-electron chi connectivity index (χ0n) is 11.4. The number of carbonyl (C=O) groups excluding carboxylic acids is 1. The van der Waals surface area contributed by atoms with Gasteiger partial charge in [0.05, 0.1) is 11.3 Å². The number of esters is 1. The van der Waals surface area contributed by atoms with Crippen LogP contribution in [0.25, 0.3) is 0 Å². The van der Waals surface area contributed by atoms with Crippen LogP contribution >= 0.6 is 0 Å². The predicted octanol–water partition coefficient (Wildman–Crippen LogP) is 4.08. The average molecular weight is 267 g/mol. The largest absolute Gasteiger partial charge is 0.458 e. The van der Waals surface area contributed by atoms with Gasteiger partial charge < -0.3 is 10.1 Å². The van der Waals surface area contributed by atoms with Crippen molar-refractivity contribution in [1.82, 2.24) is 0 Å². The molecule has 0 fully saturated rings. The number of nitrogens with one attached hydrogen (secondary N) is 1. The lowest BCUT2D eigenvalue weighted by Crippen LogP contribution is -2.08. The van der Waals surface area contributed by atoms with Gasteiger partial charge in [0.2, 0.25) is 0 Å². The summed E-state index contributed by atoms with van der Waals surface area (Å²) in [5.41, 5.74) is 3.36. The van der Waals surface area contributed by atoms with E-state index in [-0.39, 0.29) is 12.6 Å². The molecule has 0 radical (unpaired) electrons. The van der Waals surface area contributed by atoms with Crippen LogP contribution in [0.15, 0.2) is 61.2 Å². The molecule has 3 heteroatoms. The van der Waals surface area contributed by atoms with Gasteiger partial charge in [-0.25, -0.2) is 4.79 Å². The van der Waals surface area contributed by atoms with E-state index >= 15 is 0 Å². The molecule has 0 aromatic heterocycles. The lowest BCUT2D eigenvalue weighted by molar-refractivity contribution is 0.0551. The minimum atomic E-state index is -0.361. The molecule has 0 aliphatic rings. The first-order valence-corrected chi connectivity index (χ1v) is 6.41. The van der Waals surface area contributed by atoms with Crippen LogP contribution < -0.4 is 5.32 Å². The summed E-state index contributed by atoms with van der Waals surface area (Å²) < 4.78 is 5.08. The van der Waals surface area contributed by atoms with Crippen molar-refractivity contribution in [2.24, 2.45) is 0 Å². The Balaban J connectivity index is 2.21. The number of aryl methyl sites for hydroxylation is 1. The first-order valence-electron chi connectivity index (χ1n) is 6.41. The van der Waals surface area contributed by atoms with Crippen LogP contribution in [0.4, 0.5) is 11.4 Å². The molecule has 20 heavy (non-hydrogen) atoms. The third-order valence-electron chi connectivity index (χ3n) is 2.81. The summed E-state index contributed by atoms with van der Waals surface area (Å²) in [6.45, 7) is 5.77. The number of rotatable bonds is 5. The first-order chi connectivity index (χ1) is 9.70. The van der Waals surface area contributed by atoms with E-state index in [1.165, 1.54) is 5.56 Å². The fourth-order valence-electron chi connectivity index (χ4n) is 1.77. The van der Waals surface area contributed by atoms with Crippen molar-refractivity contribution in [3.05, 3.63) is 72.3 Å². The highest BCUT2D eigenvalue weighted by Gasteiger charge is 2.11. The quantitative estimate of drug-likeness (QED) is 0.655. The lowest BCUT2D eigenvalue weighted by Gasteiger charge is -2.11. The molecule has 0 bridgehead atoms. The fourth-order valence-corrected chi connectivity index (χ4v) is 1.77. The highest BCUT2D eigenvalue weighted by molar-refractivity contribution is 5.96. The van der Waals surface area contributed by atoms with Gasteiger partial charge in [0.1, 0.15) is 6.61 Å². The van der Waals surface area contributed by atoms with Gasteiger partial charge in [-0.1, -0.05) is 42.5 Å². The molecule has 0 saturated heterocycles. The molecule has 0 heterocycles. The molecule has 2 aromatic rings. The van der Waals surface area contributed by atoms with Gasteiger partial charge in [-0.05, 0) is 31.2 Å². The van der Waals surface area contributed by atoms with Crippen molar-refractivity contribution in [3.63, 3.8) is 0 Å². The summed E-state index contributed by atoms with van der Waals surface area (Å²) in [6, 6.07) is 15.3. The van der Waals surface area contributed by atoms with Crippen LogP contribution in [0.3, 0.4) is 0 Å². The van der Waals surface area contributed by atoms with E-state index < -0.39 is 0 Å². The minimum Gasteiger partial charge on any atom is -0.458 e. The van der Waals surface area contributed by atoms with Crippen molar-refractivity contribution in [2.45, 2.75) is 6.92 Å². The Hall–Kier alpha value is -2.55. The molecular weight excluding hydrogens is 250 g/mol. The molecule has 0 spiro atoms. The zero-order chi connectivity index (χ0) is 14.4. The van der Waals surface area contributed by atoms with E-state index in [0.717, 1.165) is 11.4 Å². The van der Waals surface area contributed by atoms with Crippen molar-refractivity contribution in [2.75, 3.05) is 11.9 Å². The summed E-state index contributed by atoms with van der Waals surface area (Å²) in [7, 11) is 0. The Bertz CT molecular complexity index is 603. The van der Waals surface area contributed by atoms with Crippen molar-refractivity contribution in [3.8, 4) is 0 Å². The molecule has 2 aromatic carbocycles. The number of para-hydroxylation sites is 1. The van der Waals surface area contributed by atoms with Crippen molar-refractivity contribution in [1.29, 1.82) is 0 Å². The molecule has 0 atom stereocenters. The second-order valence-corrected chi connectivity index (χ2v) is 4.42. The van der Waals surface area contributed by atoms with Crippen LogP contribution in [0, 0.1) is 6.92 Å². The van der Waals surface area contributed by atoms with Gasteiger partial charge in [0.25, 0.3) is 0 Å². The molecule has 1 N–H and O–H groups in total. The van der Waals surface area contributed by atoms with Gasteiger partial charge in [-0.3, -0.25) is 0 Å². The monoisotopic (exact) mass is 267 g/mol. The fraction of sp³-hybridized carbons (Fsp3) is 0.118. The van der Waals surface area contributed by atoms with Gasteiger partial charge >= 0.3 is 5.97 Å². The molecule has 0 unspecified atom stereocenters. The Morgan fingerprint density at radius 1 is 1.20 bits per heavy atom. The molecule has 2 rings (SSSR count). The number of benzene rings is 2. The Morgan fingerprint density at radius 2 is 1.90 bits per heavy atom. The number of hydrogen-bond donors (Lipinski definition) is 1. The molecule has 0 aliphatic heterocycles. The molecule has 0 amide bonds. The van der Waals surface area contributed by atoms with Gasteiger partial charge in [-0.2, -0.15) is 0 Å². The number of anilines is 2. The van der Waals surface area contributed by atoms with E-state index in [2.05, 4.69) is 11.9 Å². The SMILES string of the molecule is C=CCOC(=O)c1ccccc1Nc1ccc(C)cc1. The highest BCUT2D eigenvalue weighted by atomic mass is 16.5. The molecular formula is C17H17NO2. The Morgan fingerprint density at radius 3 is 2.60 bits per heavy atom. The first kappa shape index (κ1) is 13.9. The third kappa shape index (κ3) is 3.48. The van der Waals surface area contributed by atoms with E-state index in [4.69, 9.17) is 4.74 Å². The maximum atomic E-state index is 12.0. The second-order valence-electron chi connectivity index (χ2n) is 4.42. The summed E-state index contributed by atoms with van der Waals surface area (Å²) in [6.07, 6.45) is 1.55. The predicted molar refractivity (Wildman–Crippen MR) is 81.4 cm³/mol. The van der Waals surface area contributed by atoms with Gasteiger partial charge in [0.15, 0.2) is 0 Å². The maximum Gasteiger partial charge on any atom is 0.340 e. The number of ether oxygens (including phenoxy) is 1. The highest BCUT2D eigenvalue weighted by Crippen LogP contribution is 2.21. The van der Waals surface area contributed by atoms with E-state index in [1.54, 1.807) is 12.1 Å². The van der Waals surface area contributed by atoms with Crippen LogP contribution in [0.1, 0.15) is 15.9 Å². The summed E-state index contributed by atoms with van der Waals surface area (Å²) in [5, 5.41) is 3.23. The zero-order valence-corrected chi connectivity index (χ0v) is 11.4. The third-order valence-corrected chi connectivity index (χ3v) is 2.81. The van der Waals surface area contributed by atoms with Crippen molar-refractivity contribution >= 4 is 17.3 Å². The standard InChI is InChI=1S/C17H17NO2/c1-3-12-20-17(19)15-6-4-5-7-16(15)18-14-10-8-13(2)9-11-14/h3-11,18H,1,12H2,2H3. The topological polar surface area (TPSA) is 38.3 Å². The molecule has 102 valence electrons.